The topological polar surface area (TPSA) is 119 Å². The molecule has 0 aromatic heterocycles. The monoisotopic (exact) mass is 279 g/mol. The third-order valence-corrected chi connectivity index (χ3v) is 1.21. The van der Waals surface area contributed by atoms with E-state index in [4.69, 9.17) is 35.0 Å². The highest BCUT2D eigenvalue weighted by Crippen LogP contribution is 2.03. The van der Waals surface area contributed by atoms with Crippen LogP contribution in [-0.2, 0) is 9.53 Å². The summed E-state index contributed by atoms with van der Waals surface area (Å²) in [6, 6.07) is 0. The normalized spacial score (nSPS) is 13.6. The molecule has 98 valence electrons. The van der Waals surface area contributed by atoms with Crippen molar-refractivity contribution in [2.75, 3.05) is 27.7 Å². The molecule has 0 radical (unpaired) electrons. The fourth-order valence-electron chi connectivity index (χ4n) is 0.648. The molecule has 1 atom stereocenters. The van der Waals surface area contributed by atoms with E-state index in [-0.39, 0.29) is 5.97 Å². The van der Waals surface area contributed by atoms with Crippen LogP contribution in [0.3, 0.4) is 0 Å². The van der Waals surface area contributed by atoms with E-state index in [2.05, 4.69) is 0 Å². The minimum atomic E-state index is -4.94. The number of rotatable bonds is 3. The highest BCUT2D eigenvalue weighted by atomic mass is 35.7. The Morgan fingerprint density at radius 1 is 1.31 bits per heavy atom. The summed E-state index contributed by atoms with van der Waals surface area (Å²) in [5.41, 5.74) is -0.521. The van der Waals surface area contributed by atoms with E-state index < -0.39 is 15.8 Å². The number of halogens is 2. The number of hydrogen-bond donors (Lipinski definition) is 0. The molecular weight excluding hydrogens is 265 g/mol. The molecule has 7 nitrogen and oxygen atoms in total. The van der Waals surface area contributed by atoms with Crippen LogP contribution in [0, 0.1) is 10.2 Å². The zero-order valence-corrected chi connectivity index (χ0v) is 10.9. The number of carbonyl (C=O) groups excluding carboxylic acids is 1. The molecule has 0 fully saturated rings. The van der Waals surface area contributed by atoms with Gasteiger partial charge in [0.15, 0.2) is 0 Å². The summed E-state index contributed by atoms with van der Waals surface area (Å²) in [6.07, 6.45) is 0. The second-order valence-electron chi connectivity index (χ2n) is 3.87. The van der Waals surface area contributed by atoms with Crippen LogP contribution >= 0.6 is 11.6 Å². The minimum absolute atomic E-state index is 0.335. The van der Waals surface area contributed by atoms with E-state index in [9.17, 15) is 4.79 Å². The van der Waals surface area contributed by atoms with Crippen molar-refractivity contribution in [1.29, 1.82) is 0 Å². The SMILES string of the molecule is CC(=O)OC(Cl)C[N+](C)(C)C.[O-][Cl+3]([O-])([O-])[O-]. The largest absolute Gasteiger partial charge is 0.440 e. The van der Waals surface area contributed by atoms with Crippen LogP contribution in [0.15, 0.2) is 0 Å². The first-order valence-electron chi connectivity index (χ1n) is 4.05. The van der Waals surface area contributed by atoms with Crippen LogP contribution in [0.4, 0.5) is 0 Å². The summed E-state index contributed by atoms with van der Waals surface area (Å²) in [7, 11) is 1.01. The summed E-state index contributed by atoms with van der Waals surface area (Å²) < 4.78 is 39.4. The number of hydrogen-bond acceptors (Lipinski definition) is 6. The van der Waals surface area contributed by atoms with Crippen LogP contribution in [0.2, 0.25) is 0 Å². The first kappa shape index (κ1) is 18.2. The molecule has 0 heterocycles. The molecule has 16 heavy (non-hydrogen) atoms. The quantitative estimate of drug-likeness (QED) is 0.296. The third-order valence-electron chi connectivity index (χ3n) is 0.985. The third kappa shape index (κ3) is 29.2. The molecule has 0 saturated heterocycles. The summed E-state index contributed by atoms with van der Waals surface area (Å²) in [5, 5.41) is 0. The molecule has 0 aromatic carbocycles. The number of nitrogens with zero attached hydrogens (tertiary/aromatic N) is 1. The molecule has 0 saturated carbocycles. The molecule has 0 spiro atoms. The van der Waals surface area contributed by atoms with E-state index in [1.165, 1.54) is 6.92 Å². The molecule has 0 bridgehead atoms. The van der Waals surface area contributed by atoms with Gasteiger partial charge in [0, 0.05) is 6.92 Å². The highest BCUT2D eigenvalue weighted by Gasteiger charge is 2.17. The maximum absolute atomic E-state index is 10.4. The molecule has 0 N–H and O–H groups in total. The Morgan fingerprint density at radius 2 is 1.62 bits per heavy atom. The van der Waals surface area contributed by atoms with Crippen LogP contribution in [-0.4, -0.2) is 43.7 Å². The van der Waals surface area contributed by atoms with Crippen molar-refractivity contribution in [3.63, 3.8) is 0 Å². The minimum Gasteiger partial charge on any atom is -0.440 e. The van der Waals surface area contributed by atoms with Gasteiger partial charge in [-0.3, -0.25) is 4.79 Å². The molecule has 0 aliphatic heterocycles. The Morgan fingerprint density at radius 3 is 1.81 bits per heavy atom. The van der Waals surface area contributed by atoms with Crippen molar-refractivity contribution in [3.05, 3.63) is 0 Å². The van der Waals surface area contributed by atoms with Crippen molar-refractivity contribution < 1.29 is 42.9 Å². The van der Waals surface area contributed by atoms with Crippen molar-refractivity contribution in [3.8, 4) is 0 Å². The standard InChI is InChI=1S/C7H15ClNO2.ClHO4/c1-6(10)11-7(8)5-9(2,3)4;2-1(3,4)5/h7H,5H2,1-4H3;(H,2,3,4,5)/q+1;/p-1. The zero-order chi connectivity index (χ0) is 13.6. The van der Waals surface area contributed by atoms with Gasteiger partial charge >= 0.3 is 5.97 Å². The summed E-state index contributed by atoms with van der Waals surface area (Å²) in [5.74, 6) is -0.335. The van der Waals surface area contributed by atoms with Crippen LogP contribution < -0.4 is 18.6 Å². The van der Waals surface area contributed by atoms with E-state index in [1.807, 2.05) is 21.1 Å². The van der Waals surface area contributed by atoms with Crippen LogP contribution in [0.5, 0.6) is 0 Å². The van der Waals surface area contributed by atoms with Gasteiger partial charge in [0.1, 0.15) is 6.54 Å². The van der Waals surface area contributed by atoms with Crippen molar-refractivity contribution in [2.24, 2.45) is 0 Å². The van der Waals surface area contributed by atoms with E-state index >= 15 is 0 Å². The maximum atomic E-state index is 10.4. The van der Waals surface area contributed by atoms with Crippen LogP contribution in [0.1, 0.15) is 6.92 Å². The maximum Gasteiger partial charge on any atom is 0.304 e. The van der Waals surface area contributed by atoms with E-state index in [1.54, 1.807) is 0 Å². The lowest BCUT2D eigenvalue weighted by atomic mass is 10.5. The molecule has 0 amide bonds. The molecule has 9 heteroatoms. The van der Waals surface area contributed by atoms with Gasteiger partial charge in [-0.1, -0.05) is 11.6 Å². The number of carbonyl (C=O) groups is 1. The Bertz CT molecular complexity index is 206. The second kappa shape index (κ2) is 7.23. The van der Waals surface area contributed by atoms with Gasteiger partial charge in [-0.2, -0.15) is 0 Å². The first-order valence-corrected chi connectivity index (χ1v) is 5.72. The van der Waals surface area contributed by atoms with E-state index in [0.717, 1.165) is 0 Å². The Hall–Kier alpha value is -0.150. The predicted octanol–water partition coefficient (Wildman–Crippen LogP) is -3.94. The Kier molecular flexibility index (Phi) is 8.23. The molecule has 0 aliphatic carbocycles. The second-order valence-corrected chi connectivity index (χ2v) is 5.11. The van der Waals surface area contributed by atoms with Crippen molar-refractivity contribution >= 4 is 17.6 Å². The fourth-order valence-corrected chi connectivity index (χ4v) is 1.19. The van der Waals surface area contributed by atoms with Gasteiger partial charge in [-0.15, -0.1) is 10.2 Å². The van der Waals surface area contributed by atoms with E-state index in [0.29, 0.717) is 11.0 Å². The number of alkyl halides is 1. The highest BCUT2D eigenvalue weighted by molar-refractivity contribution is 6.20. The number of ether oxygens (including phenoxy) is 1. The van der Waals surface area contributed by atoms with Gasteiger partial charge < -0.3 is 9.22 Å². The molecule has 0 aliphatic rings. The van der Waals surface area contributed by atoms with Gasteiger partial charge in [0.2, 0.25) is 5.56 Å². The smallest absolute Gasteiger partial charge is 0.304 e. The lowest BCUT2D eigenvalue weighted by Gasteiger charge is -2.25. The first-order chi connectivity index (χ1) is 6.81. The molecular formula is C7H15Cl2NO6. The molecule has 0 aromatic rings. The van der Waals surface area contributed by atoms with Crippen molar-refractivity contribution in [1.82, 2.24) is 0 Å². The number of quaternary nitrogens is 1. The van der Waals surface area contributed by atoms with Crippen LogP contribution in [0.25, 0.3) is 0 Å². The van der Waals surface area contributed by atoms with Crippen molar-refractivity contribution in [2.45, 2.75) is 12.5 Å². The lowest BCUT2D eigenvalue weighted by Crippen LogP contribution is -2.68. The average Bonchev–Trinajstić information content (AvgIpc) is 1.72. The number of esters is 1. The van der Waals surface area contributed by atoms with Gasteiger partial charge in [0.05, 0.1) is 21.1 Å². The lowest BCUT2D eigenvalue weighted by molar-refractivity contribution is -2.00. The zero-order valence-electron chi connectivity index (χ0n) is 9.44. The van der Waals surface area contributed by atoms with Gasteiger partial charge in [-0.25, -0.2) is 18.6 Å². The summed E-state index contributed by atoms with van der Waals surface area (Å²) in [6.45, 7) is 1.96. The Balaban J connectivity index is 0. The average molecular weight is 280 g/mol. The fraction of sp³-hybridized carbons (Fsp3) is 0.857. The van der Waals surface area contributed by atoms with Gasteiger partial charge in [-0.05, 0) is 0 Å². The number of likely N-dealkylation sites (N-methyl/N-ethyl adjacent to an activating group) is 1. The summed E-state index contributed by atoms with van der Waals surface area (Å²) >= 11 is 5.70. The van der Waals surface area contributed by atoms with Gasteiger partial charge in [0.25, 0.3) is 0 Å². The molecule has 0 rings (SSSR count). The summed E-state index contributed by atoms with van der Waals surface area (Å²) in [4.78, 5) is 10.4. The Labute approximate surface area is 101 Å². The predicted molar refractivity (Wildman–Crippen MR) is 44.3 cm³/mol. The molecule has 1 unspecified atom stereocenters.